The molecule has 208 valence electrons. The van der Waals surface area contributed by atoms with Crippen LogP contribution in [-0.4, -0.2) is 63.5 Å². The molecule has 2 aliphatic heterocycles. The first-order valence-corrected chi connectivity index (χ1v) is 13.5. The van der Waals surface area contributed by atoms with Crippen molar-refractivity contribution in [2.24, 2.45) is 11.7 Å². The highest BCUT2D eigenvalue weighted by molar-refractivity contribution is 5.39. The predicted octanol–water partition coefficient (Wildman–Crippen LogP) is 3.12. The number of halogens is 2. The van der Waals surface area contributed by atoms with Gasteiger partial charge in [-0.3, -0.25) is 0 Å². The molecule has 39 heavy (non-hydrogen) atoms. The van der Waals surface area contributed by atoms with E-state index in [1.54, 1.807) is 12.4 Å². The summed E-state index contributed by atoms with van der Waals surface area (Å²) < 4.78 is 39.6. The van der Waals surface area contributed by atoms with Crippen LogP contribution in [-0.2, 0) is 5.60 Å². The molecule has 12 heteroatoms. The molecule has 6 rings (SSSR count). The van der Waals surface area contributed by atoms with Crippen LogP contribution in [0, 0.1) is 17.6 Å². The third-order valence-corrected chi connectivity index (χ3v) is 8.43. The number of anilines is 2. The molecule has 1 saturated carbocycles. The van der Waals surface area contributed by atoms with E-state index in [2.05, 4.69) is 25.0 Å². The van der Waals surface area contributed by atoms with Crippen LogP contribution in [0.4, 0.5) is 20.7 Å². The van der Waals surface area contributed by atoms with Crippen molar-refractivity contribution in [2.75, 3.05) is 36.0 Å². The van der Waals surface area contributed by atoms with E-state index in [9.17, 15) is 13.9 Å². The molecular weight excluding hydrogens is 508 g/mol. The van der Waals surface area contributed by atoms with Crippen LogP contribution in [0.2, 0.25) is 0 Å². The number of aliphatic hydroxyl groups is 1. The molecule has 4 heterocycles. The Bertz CT molecular complexity index is 1290. The van der Waals surface area contributed by atoms with Gasteiger partial charge in [0.05, 0.1) is 18.5 Å². The molecule has 2 saturated heterocycles. The maximum atomic E-state index is 14.3. The van der Waals surface area contributed by atoms with Gasteiger partial charge >= 0.3 is 6.01 Å². The minimum atomic E-state index is -0.929. The van der Waals surface area contributed by atoms with Crippen LogP contribution in [0.3, 0.4) is 0 Å². The molecule has 3 aliphatic rings. The lowest BCUT2D eigenvalue weighted by Crippen LogP contribution is -2.39. The molecule has 3 unspecified atom stereocenters. The van der Waals surface area contributed by atoms with Gasteiger partial charge in [-0.15, -0.1) is 0 Å². The fourth-order valence-corrected chi connectivity index (χ4v) is 5.79. The first kappa shape index (κ1) is 25.9. The van der Waals surface area contributed by atoms with Crippen LogP contribution in [0.1, 0.15) is 56.3 Å². The Labute approximate surface area is 225 Å². The molecule has 3 N–H and O–H groups in total. The van der Waals surface area contributed by atoms with Gasteiger partial charge in [0.1, 0.15) is 17.2 Å². The Hall–Kier alpha value is -3.38. The number of nitrogens with two attached hydrogens (primary N) is 1. The lowest BCUT2D eigenvalue weighted by molar-refractivity contribution is -0.0482. The Morgan fingerprint density at radius 2 is 1.87 bits per heavy atom. The number of ether oxygens (including phenoxy) is 1. The molecule has 10 nitrogen and oxygen atoms in total. The van der Waals surface area contributed by atoms with Crippen LogP contribution in [0.5, 0.6) is 5.75 Å². The molecule has 1 aromatic carbocycles. The Morgan fingerprint density at radius 3 is 2.56 bits per heavy atom. The first-order valence-electron chi connectivity index (χ1n) is 13.5. The molecule has 3 atom stereocenters. The fraction of sp³-hybridized carbons (Fsp3) is 0.556. The number of rotatable bonds is 7. The molecule has 3 aromatic rings. The maximum absolute atomic E-state index is 14.3. The Balaban J connectivity index is 1.02. The van der Waals surface area contributed by atoms with Gasteiger partial charge in [0.15, 0.2) is 5.75 Å². The molecule has 3 fully saturated rings. The van der Waals surface area contributed by atoms with E-state index in [4.69, 9.17) is 15.0 Å². The van der Waals surface area contributed by atoms with Crippen LogP contribution < -0.4 is 20.3 Å². The summed E-state index contributed by atoms with van der Waals surface area (Å²) >= 11 is 0. The van der Waals surface area contributed by atoms with E-state index in [-0.39, 0.29) is 23.6 Å². The molecule has 2 aromatic heterocycles. The van der Waals surface area contributed by atoms with E-state index in [1.165, 1.54) is 6.07 Å². The molecule has 0 spiro atoms. The minimum Gasteiger partial charge on any atom is -0.487 e. The minimum absolute atomic E-state index is 0.0453. The molecule has 0 amide bonds. The fourth-order valence-electron chi connectivity index (χ4n) is 5.79. The molecular formula is C27H33F2N7O3. The van der Waals surface area contributed by atoms with Gasteiger partial charge in [-0.25, -0.2) is 18.7 Å². The average molecular weight is 542 g/mol. The van der Waals surface area contributed by atoms with Gasteiger partial charge < -0.3 is 29.9 Å². The summed E-state index contributed by atoms with van der Waals surface area (Å²) in [5.41, 5.74) is 5.62. The van der Waals surface area contributed by atoms with Gasteiger partial charge in [0.25, 0.3) is 0 Å². The number of aromatic nitrogens is 4. The Kier molecular flexibility index (Phi) is 6.84. The lowest BCUT2D eigenvalue weighted by Gasteiger charge is -2.34. The van der Waals surface area contributed by atoms with Crippen molar-refractivity contribution < 1.29 is 23.1 Å². The van der Waals surface area contributed by atoms with E-state index in [0.29, 0.717) is 55.4 Å². The van der Waals surface area contributed by atoms with E-state index in [1.807, 2.05) is 11.8 Å². The smallest absolute Gasteiger partial charge is 0.324 e. The lowest BCUT2D eigenvalue weighted by atomic mass is 9.80. The van der Waals surface area contributed by atoms with Crippen LogP contribution in [0.15, 0.2) is 35.1 Å². The second-order valence-electron chi connectivity index (χ2n) is 11.0. The van der Waals surface area contributed by atoms with Crippen molar-refractivity contribution in [3.8, 4) is 5.75 Å². The zero-order valence-corrected chi connectivity index (χ0v) is 21.8. The molecule has 0 radical (unpaired) electrons. The summed E-state index contributed by atoms with van der Waals surface area (Å²) in [6.07, 6.45) is 7.35. The van der Waals surface area contributed by atoms with Crippen molar-refractivity contribution in [1.82, 2.24) is 20.1 Å². The zero-order chi connectivity index (χ0) is 27.1. The normalized spacial score (nSPS) is 24.0. The van der Waals surface area contributed by atoms with E-state index >= 15 is 0 Å². The molecule has 0 bridgehead atoms. The number of nitrogens with zero attached hydrogens (tertiary/aromatic N) is 6. The largest absolute Gasteiger partial charge is 0.487 e. The van der Waals surface area contributed by atoms with Crippen molar-refractivity contribution in [3.63, 3.8) is 0 Å². The highest BCUT2D eigenvalue weighted by Crippen LogP contribution is 2.40. The topological polar surface area (TPSA) is 127 Å². The van der Waals surface area contributed by atoms with Gasteiger partial charge in [0.2, 0.25) is 11.8 Å². The summed E-state index contributed by atoms with van der Waals surface area (Å²) in [5, 5.41) is 14.5. The van der Waals surface area contributed by atoms with Gasteiger partial charge in [-0.1, -0.05) is 5.16 Å². The standard InChI is InChI=1S/C27H33F2N7O3/c1-16(17-5-9-35(10-6-17)26-33-24(34-39-26)27(37)7-2-8-27)38-19-12-31-25(32-13-19)36-14-21(23(30)15-36)20-11-18(28)3-4-22(20)29/h3-4,11-13,16-17,21,23,37H,2,5-10,14-15,30H2,1H3. The second kappa shape index (κ2) is 10.3. The van der Waals surface area contributed by atoms with E-state index < -0.39 is 17.2 Å². The second-order valence-corrected chi connectivity index (χ2v) is 11.0. The average Bonchev–Trinajstić information content (AvgIpc) is 3.57. The number of hydrogen-bond acceptors (Lipinski definition) is 10. The summed E-state index contributed by atoms with van der Waals surface area (Å²) in [5.74, 6) is 0.465. The van der Waals surface area contributed by atoms with E-state index in [0.717, 1.165) is 44.5 Å². The number of hydrogen-bond donors (Lipinski definition) is 2. The third-order valence-electron chi connectivity index (χ3n) is 8.43. The first-order chi connectivity index (χ1) is 18.8. The van der Waals surface area contributed by atoms with Gasteiger partial charge in [-0.05, 0) is 68.7 Å². The van der Waals surface area contributed by atoms with Crippen molar-refractivity contribution >= 4 is 12.0 Å². The van der Waals surface area contributed by atoms with Gasteiger partial charge in [-0.2, -0.15) is 4.98 Å². The quantitative estimate of drug-likeness (QED) is 0.461. The summed E-state index contributed by atoms with van der Waals surface area (Å²) in [6.45, 7) is 4.41. The molecule has 1 aliphatic carbocycles. The highest BCUT2D eigenvalue weighted by Gasteiger charge is 2.41. The summed E-state index contributed by atoms with van der Waals surface area (Å²) in [6, 6.07) is 3.55. The summed E-state index contributed by atoms with van der Waals surface area (Å²) in [7, 11) is 0. The predicted molar refractivity (Wildman–Crippen MR) is 138 cm³/mol. The monoisotopic (exact) mass is 541 g/mol. The maximum Gasteiger partial charge on any atom is 0.324 e. The number of benzene rings is 1. The van der Waals surface area contributed by atoms with Gasteiger partial charge in [0, 0.05) is 38.1 Å². The van der Waals surface area contributed by atoms with Crippen molar-refractivity contribution in [1.29, 1.82) is 0 Å². The van der Waals surface area contributed by atoms with Crippen molar-refractivity contribution in [3.05, 3.63) is 53.6 Å². The summed E-state index contributed by atoms with van der Waals surface area (Å²) in [4.78, 5) is 17.3. The Morgan fingerprint density at radius 1 is 1.13 bits per heavy atom. The highest BCUT2D eigenvalue weighted by atomic mass is 19.1. The van der Waals surface area contributed by atoms with Crippen LogP contribution >= 0.6 is 0 Å². The van der Waals surface area contributed by atoms with Crippen LogP contribution in [0.25, 0.3) is 0 Å². The SMILES string of the molecule is CC(Oc1cnc(N2CC(N)C(c3cc(F)ccc3F)C2)nc1)C1CCN(c2nc(C3(O)CCC3)no2)CC1. The number of piperidine rings is 1. The zero-order valence-electron chi connectivity index (χ0n) is 21.8. The third kappa shape index (κ3) is 5.14. The van der Waals surface area contributed by atoms with Crippen molar-refractivity contribution in [2.45, 2.75) is 62.7 Å².